The maximum atomic E-state index is 12.5. The van der Waals surface area contributed by atoms with Crippen molar-refractivity contribution in [3.05, 3.63) is 34.9 Å². The van der Waals surface area contributed by atoms with Gasteiger partial charge in [-0.1, -0.05) is 23.8 Å². The van der Waals surface area contributed by atoms with E-state index in [1.165, 1.54) is 0 Å². The van der Waals surface area contributed by atoms with Gasteiger partial charge in [-0.25, -0.2) is 0 Å². The summed E-state index contributed by atoms with van der Waals surface area (Å²) in [7, 11) is 0. The number of aryl methyl sites for hydroxylation is 1. The first-order valence-electron chi connectivity index (χ1n) is 4.38. The molecule has 1 aromatic carbocycles. The molecular weight excluding hydrogens is 191 g/mol. The molecule has 1 aliphatic heterocycles. The molecule has 0 unspecified atom stereocenters. The van der Waals surface area contributed by atoms with Crippen LogP contribution in [0.4, 0.5) is 13.2 Å². The van der Waals surface area contributed by atoms with Gasteiger partial charge in [0, 0.05) is 6.54 Å². The summed E-state index contributed by atoms with van der Waals surface area (Å²) in [5.74, 6) is 0. The molecule has 76 valence electrons. The lowest BCUT2D eigenvalue weighted by Crippen LogP contribution is -2.28. The number of hydrogen-bond acceptors (Lipinski definition) is 1. The van der Waals surface area contributed by atoms with Crippen LogP contribution in [0.5, 0.6) is 0 Å². The summed E-state index contributed by atoms with van der Waals surface area (Å²) >= 11 is 0. The quantitative estimate of drug-likeness (QED) is 0.680. The lowest BCUT2D eigenvalue weighted by Gasteiger charge is -2.16. The van der Waals surface area contributed by atoms with Gasteiger partial charge >= 0.3 is 6.18 Å². The van der Waals surface area contributed by atoms with E-state index in [-0.39, 0.29) is 0 Å². The summed E-state index contributed by atoms with van der Waals surface area (Å²) in [6, 6.07) is 3.70. The minimum absolute atomic E-state index is 0.305. The predicted molar refractivity (Wildman–Crippen MR) is 46.8 cm³/mol. The molecule has 1 nitrogen and oxygen atoms in total. The van der Waals surface area contributed by atoms with E-state index < -0.39 is 12.2 Å². The molecule has 0 bridgehead atoms. The average molecular weight is 201 g/mol. The minimum atomic E-state index is -4.20. The summed E-state index contributed by atoms with van der Waals surface area (Å²) in [4.78, 5) is 0. The number of fused-ring (bicyclic) bond motifs is 1. The van der Waals surface area contributed by atoms with E-state index in [2.05, 4.69) is 5.32 Å². The number of rotatable bonds is 0. The molecule has 0 aliphatic carbocycles. The van der Waals surface area contributed by atoms with Gasteiger partial charge in [0.1, 0.15) is 6.04 Å². The van der Waals surface area contributed by atoms with Crippen molar-refractivity contribution < 1.29 is 13.2 Å². The van der Waals surface area contributed by atoms with Crippen molar-refractivity contribution in [2.75, 3.05) is 0 Å². The first-order valence-corrected chi connectivity index (χ1v) is 4.38. The van der Waals surface area contributed by atoms with E-state index in [1.54, 1.807) is 19.1 Å². The smallest absolute Gasteiger partial charge is 0.298 e. The Kier molecular flexibility index (Phi) is 2.03. The average Bonchev–Trinajstić information content (AvgIpc) is 2.45. The van der Waals surface area contributed by atoms with E-state index in [4.69, 9.17) is 0 Å². The predicted octanol–water partition coefficient (Wildman–Crippen LogP) is 2.70. The second kappa shape index (κ2) is 2.98. The molecule has 0 saturated carbocycles. The van der Waals surface area contributed by atoms with Crippen molar-refractivity contribution in [3.8, 4) is 0 Å². The zero-order chi connectivity index (χ0) is 10.3. The topological polar surface area (TPSA) is 12.0 Å². The molecule has 0 aromatic heterocycles. The first kappa shape index (κ1) is 9.52. The Hall–Kier alpha value is -1.03. The first-order chi connectivity index (χ1) is 6.48. The van der Waals surface area contributed by atoms with E-state index in [1.807, 2.05) is 6.07 Å². The van der Waals surface area contributed by atoms with Crippen molar-refractivity contribution in [2.45, 2.75) is 25.7 Å². The molecule has 14 heavy (non-hydrogen) atoms. The highest BCUT2D eigenvalue weighted by molar-refractivity contribution is 5.37. The Morgan fingerprint density at radius 2 is 2.07 bits per heavy atom. The molecule has 0 amide bonds. The van der Waals surface area contributed by atoms with Crippen LogP contribution >= 0.6 is 0 Å². The van der Waals surface area contributed by atoms with Crippen molar-refractivity contribution >= 4 is 0 Å². The van der Waals surface area contributed by atoms with E-state index in [9.17, 15) is 13.2 Å². The molecule has 0 fully saturated rings. The van der Waals surface area contributed by atoms with Crippen LogP contribution in [0.15, 0.2) is 18.2 Å². The van der Waals surface area contributed by atoms with Crippen molar-refractivity contribution in [1.29, 1.82) is 0 Å². The molecule has 2 rings (SSSR count). The van der Waals surface area contributed by atoms with Gasteiger partial charge in [-0.15, -0.1) is 0 Å². The Bertz CT molecular complexity index is 357. The van der Waals surface area contributed by atoms with Crippen molar-refractivity contribution in [1.82, 2.24) is 5.32 Å². The van der Waals surface area contributed by atoms with Gasteiger partial charge in [-0.2, -0.15) is 13.2 Å². The lowest BCUT2D eigenvalue weighted by atomic mass is 10.0. The third kappa shape index (κ3) is 1.50. The fourth-order valence-corrected chi connectivity index (χ4v) is 1.76. The van der Waals surface area contributed by atoms with Gasteiger partial charge < -0.3 is 0 Å². The third-order valence-electron chi connectivity index (χ3n) is 2.44. The highest BCUT2D eigenvalue weighted by atomic mass is 19.4. The van der Waals surface area contributed by atoms with E-state index in [0.29, 0.717) is 12.1 Å². The number of alkyl halides is 3. The Morgan fingerprint density at radius 1 is 1.36 bits per heavy atom. The second-order valence-corrected chi connectivity index (χ2v) is 3.56. The molecule has 0 spiro atoms. The largest absolute Gasteiger partial charge is 0.407 e. The zero-order valence-electron chi connectivity index (χ0n) is 7.65. The number of hydrogen-bond donors (Lipinski definition) is 1. The Labute approximate surface area is 79.9 Å². The van der Waals surface area contributed by atoms with Crippen molar-refractivity contribution in [2.24, 2.45) is 0 Å². The van der Waals surface area contributed by atoms with Crippen LogP contribution in [-0.2, 0) is 6.54 Å². The molecule has 1 aliphatic rings. The summed E-state index contributed by atoms with van der Waals surface area (Å²) in [6.45, 7) is 2.10. The van der Waals surface area contributed by atoms with Gasteiger partial charge in [0.05, 0.1) is 0 Å². The van der Waals surface area contributed by atoms with Gasteiger partial charge in [-0.05, 0) is 18.1 Å². The molecule has 1 N–H and O–H groups in total. The van der Waals surface area contributed by atoms with Crippen LogP contribution in [0.3, 0.4) is 0 Å². The Morgan fingerprint density at radius 3 is 2.71 bits per heavy atom. The standard InChI is InChI=1S/C10H10F3N/c1-6-2-3-7-5-14-9(8(7)4-6)10(11,12)13/h2-4,9,14H,5H2,1H3/t9-/m0/s1. The van der Waals surface area contributed by atoms with Crippen LogP contribution in [0.2, 0.25) is 0 Å². The van der Waals surface area contributed by atoms with Gasteiger partial charge in [0.2, 0.25) is 0 Å². The highest BCUT2D eigenvalue weighted by Gasteiger charge is 2.44. The summed E-state index contributed by atoms with van der Waals surface area (Å²) < 4.78 is 37.5. The monoisotopic (exact) mass is 201 g/mol. The normalized spacial score (nSPS) is 21.0. The zero-order valence-corrected chi connectivity index (χ0v) is 7.65. The molecule has 1 atom stereocenters. The highest BCUT2D eigenvalue weighted by Crippen LogP contribution is 2.38. The number of nitrogens with one attached hydrogen (secondary N) is 1. The SMILES string of the molecule is Cc1ccc2c(c1)[C@@H](C(F)(F)F)NC2. The molecular formula is C10H10F3N. The lowest BCUT2D eigenvalue weighted by molar-refractivity contribution is -0.155. The summed E-state index contributed by atoms with van der Waals surface area (Å²) in [5, 5.41) is 2.46. The van der Waals surface area contributed by atoms with Gasteiger partial charge in [-0.3, -0.25) is 5.32 Å². The Balaban J connectivity index is 2.43. The molecule has 1 aromatic rings. The molecule has 4 heteroatoms. The summed E-state index contributed by atoms with van der Waals surface area (Å²) in [6.07, 6.45) is -4.20. The fourth-order valence-electron chi connectivity index (χ4n) is 1.76. The van der Waals surface area contributed by atoms with Crippen LogP contribution in [0.1, 0.15) is 22.7 Å². The maximum absolute atomic E-state index is 12.5. The van der Waals surface area contributed by atoms with Crippen LogP contribution < -0.4 is 5.32 Å². The maximum Gasteiger partial charge on any atom is 0.407 e. The second-order valence-electron chi connectivity index (χ2n) is 3.56. The van der Waals surface area contributed by atoms with E-state index >= 15 is 0 Å². The van der Waals surface area contributed by atoms with Crippen LogP contribution in [-0.4, -0.2) is 6.18 Å². The van der Waals surface area contributed by atoms with Crippen LogP contribution in [0, 0.1) is 6.92 Å². The molecule has 0 radical (unpaired) electrons. The van der Waals surface area contributed by atoms with Gasteiger partial charge in [0.25, 0.3) is 0 Å². The third-order valence-corrected chi connectivity index (χ3v) is 2.44. The number of benzene rings is 1. The van der Waals surface area contributed by atoms with E-state index in [0.717, 1.165) is 11.1 Å². The van der Waals surface area contributed by atoms with Gasteiger partial charge in [0.15, 0.2) is 0 Å². The minimum Gasteiger partial charge on any atom is -0.298 e. The molecule has 0 saturated heterocycles. The molecule has 1 heterocycles. The number of halogens is 3. The fraction of sp³-hybridized carbons (Fsp3) is 0.400. The van der Waals surface area contributed by atoms with Crippen LogP contribution in [0.25, 0.3) is 0 Å². The summed E-state index contributed by atoms with van der Waals surface area (Å²) in [5.41, 5.74) is 1.98. The van der Waals surface area contributed by atoms with Crippen molar-refractivity contribution in [3.63, 3.8) is 0 Å².